The van der Waals surface area contributed by atoms with Crippen molar-refractivity contribution in [2.24, 2.45) is 5.92 Å². The number of amides is 2. The van der Waals surface area contributed by atoms with Gasteiger partial charge in [-0.1, -0.05) is 0 Å². The van der Waals surface area contributed by atoms with E-state index in [9.17, 15) is 9.59 Å². The molecule has 0 spiro atoms. The number of hydrogen-bond donors (Lipinski definition) is 1. The Kier molecular flexibility index (Phi) is 6.64. The molecule has 1 fully saturated rings. The van der Waals surface area contributed by atoms with Crippen molar-refractivity contribution in [3.8, 4) is 11.5 Å². The summed E-state index contributed by atoms with van der Waals surface area (Å²) in [5.74, 6) is 0.726. The first-order valence-corrected chi connectivity index (χ1v) is 8.40. The van der Waals surface area contributed by atoms with Gasteiger partial charge >= 0.3 is 0 Å². The predicted molar refractivity (Wildman–Crippen MR) is 96.0 cm³/mol. The zero-order valence-corrected chi connectivity index (χ0v) is 15.4. The number of hydrogen-bond acceptors (Lipinski definition) is 5. The van der Waals surface area contributed by atoms with Crippen molar-refractivity contribution in [2.75, 3.05) is 53.3 Å². The van der Waals surface area contributed by atoms with E-state index in [1.165, 1.54) is 7.11 Å². The van der Waals surface area contributed by atoms with Gasteiger partial charge in [0.2, 0.25) is 11.8 Å². The first-order valence-electron chi connectivity index (χ1n) is 8.40. The minimum atomic E-state index is -0.335. The zero-order chi connectivity index (χ0) is 18.4. The Hall–Kier alpha value is -2.28. The van der Waals surface area contributed by atoms with E-state index >= 15 is 0 Å². The second-order valence-corrected chi connectivity index (χ2v) is 6.45. The highest BCUT2D eigenvalue weighted by molar-refractivity contribution is 5.98. The van der Waals surface area contributed by atoms with E-state index < -0.39 is 0 Å². The molecule has 1 saturated heterocycles. The summed E-state index contributed by atoms with van der Waals surface area (Å²) in [6.07, 6.45) is 1.16. The van der Waals surface area contributed by atoms with Crippen LogP contribution in [0.2, 0.25) is 0 Å². The molecule has 1 aromatic rings. The van der Waals surface area contributed by atoms with Crippen LogP contribution in [0.25, 0.3) is 0 Å². The Labute approximate surface area is 148 Å². The summed E-state index contributed by atoms with van der Waals surface area (Å²) in [4.78, 5) is 28.5. The normalized spacial score (nSPS) is 17.1. The van der Waals surface area contributed by atoms with Crippen molar-refractivity contribution in [3.05, 3.63) is 18.2 Å². The third-order valence-corrected chi connectivity index (χ3v) is 4.29. The molecule has 0 radical (unpaired) electrons. The van der Waals surface area contributed by atoms with Crippen LogP contribution in [-0.2, 0) is 9.59 Å². The number of ether oxygens (including phenoxy) is 2. The number of benzene rings is 1. The van der Waals surface area contributed by atoms with Crippen LogP contribution in [0, 0.1) is 5.92 Å². The van der Waals surface area contributed by atoms with Crippen LogP contribution in [0.3, 0.4) is 0 Å². The monoisotopic (exact) mass is 349 g/mol. The molecule has 7 nitrogen and oxygen atoms in total. The molecule has 0 saturated carbocycles. The summed E-state index contributed by atoms with van der Waals surface area (Å²) >= 11 is 0. The minimum Gasteiger partial charge on any atom is -0.497 e. The van der Waals surface area contributed by atoms with Crippen LogP contribution in [0.5, 0.6) is 11.5 Å². The minimum absolute atomic E-state index is 0.0422. The Bertz CT molecular complexity index is 618. The average Bonchev–Trinajstić information content (AvgIpc) is 2.96. The predicted octanol–water partition coefficient (Wildman–Crippen LogP) is 1.44. The first-order chi connectivity index (χ1) is 11.9. The van der Waals surface area contributed by atoms with Crippen LogP contribution in [0.1, 0.15) is 12.8 Å². The largest absolute Gasteiger partial charge is 0.497 e. The van der Waals surface area contributed by atoms with Crippen LogP contribution >= 0.6 is 0 Å². The van der Waals surface area contributed by atoms with Gasteiger partial charge in [-0.3, -0.25) is 9.59 Å². The number of carbonyl (C=O) groups is 2. The smallest absolute Gasteiger partial charge is 0.229 e. The van der Waals surface area contributed by atoms with Gasteiger partial charge in [0.25, 0.3) is 0 Å². The second kappa shape index (κ2) is 8.71. The van der Waals surface area contributed by atoms with E-state index in [1.807, 2.05) is 14.1 Å². The molecule has 1 atom stereocenters. The lowest BCUT2D eigenvalue weighted by atomic mass is 10.1. The van der Waals surface area contributed by atoms with Crippen LogP contribution in [0.4, 0.5) is 5.69 Å². The summed E-state index contributed by atoms with van der Waals surface area (Å²) in [5, 5.41) is 2.86. The second-order valence-electron chi connectivity index (χ2n) is 6.45. The van der Waals surface area contributed by atoms with Gasteiger partial charge in [-0.05, 0) is 39.2 Å². The highest BCUT2D eigenvalue weighted by Gasteiger charge is 2.34. The van der Waals surface area contributed by atoms with Crippen molar-refractivity contribution < 1.29 is 19.1 Å². The van der Waals surface area contributed by atoms with Gasteiger partial charge in [-0.15, -0.1) is 0 Å². The van der Waals surface area contributed by atoms with Gasteiger partial charge in [0.1, 0.15) is 11.5 Å². The first kappa shape index (κ1) is 19.1. The maximum Gasteiger partial charge on any atom is 0.229 e. The molecule has 1 aliphatic heterocycles. The Morgan fingerprint density at radius 2 is 2.08 bits per heavy atom. The van der Waals surface area contributed by atoms with Crippen molar-refractivity contribution in [2.45, 2.75) is 12.8 Å². The number of nitrogens with one attached hydrogen (secondary N) is 1. The Morgan fingerprint density at radius 3 is 2.72 bits per heavy atom. The van der Waals surface area contributed by atoms with Gasteiger partial charge in [0.15, 0.2) is 0 Å². The SMILES string of the molecule is COc1ccc(NC(=O)C2CC(=O)N(CCCN(C)C)C2)c(OC)c1. The Morgan fingerprint density at radius 1 is 1.32 bits per heavy atom. The molecule has 1 unspecified atom stereocenters. The van der Waals surface area contributed by atoms with E-state index in [-0.39, 0.29) is 24.2 Å². The molecular weight excluding hydrogens is 322 g/mol. The molecule has 138 valence electrons. The molecule has 0 aromatic heterocycles. The van der Waals surface area contributed by atoms with Crippen LogP contribution in [-0.4, -0.2) is 69.6 Å². The summed E-state index contributed by atoms with van der Waals surface area (Å²) < 4.78 is 10.4. The number of rotatable bonds is 8. The number of carbonyl (C=O) groups excluding carboxylic acids is 2. The number of likely N-dealkylation sites (tertiary alicyclic amines) is 1. The summed E-state index contributed by atoms with van der Waals surface area (Å²) in [6, 6.07) is 5.20. The van der Waals surface area contributed by atoms with E-state index in [1.54, 1.807) is 30.2 Å². The van der Waals surface area contributed by atoms with Crippen molar-refractivity contribution >= 4 is 17.5 Å². The lowest BCUT2D eigenvalue weighted by Gasteiger charge is -2.18. The molecule has 1 N–H and O–H groups in total. The molecule has 0 bridgehead atoms. The number of nitrogens with zero attached hydrogens (tertiary/aromatic N) is 2. The van der Waals surface area contributed by atoms with E-state index in [0.29, 0.717) is 30.3 Å². The summed E-state index contributed by atoms with van der Waals surface area (Å²) in [6.45, 7) is 2.08. The fourth-order valence-electron chi connectivity index (χ4n) is 2.88. The van der Waals surface area contributed by atoms with Gasteiger partial charge in [-0.2, -0.15) is 0 Å². The van der Waals surface area contributed by atoms with E-state index in [4.69, 9.17) is 9.47 Å². The van der Waals surface area contributed by atoms with Gasteiger partial charge in [0, 0.05) is 25.6 Å². The van der Waals surface area contributed by atoms with Crippen LogP contribution < -0.4 is 14.8 Å². The fourth-order valence-corrected chi connectivity index (χ4v) is 2.88. The molecule has 2 amide bonds. The van der Waals surface area contributed by atoms with Gasteiger partial charge < -0.3 is 24.6 Å². The molecule has 1 heterocycles. The number of methoxy groups -OCH3 is 2. The fraction of sp³-hybridized carbons (Fsp3) is 0.556. The van der Waals surface area contributed by atoms with E-state index in [0.717, 1.165) is 13.0 Å². The van der Waals surface area contributed by atoms with Crippen molar-refractivity contribution in [1.82, 2.24) is 9.80 Å². The van der Waals surface area contributed by atoms with Crippen molar-refractivity contribution in [1.29, 1.82) is 0 Å². The highest BCUT2D eigenvalue weighted by atomic mass is 16.5. The third-order valence-electron chi connectivity index (χ3n) is 4.29. The summed E-state index contributed by atoms with van der Waals surface area (Å²) in [7, 11) is 7.12. The van der Waals surface area contributed by atoms with E-state index in [2.05, 4.69) is 10.2 Å². The highest BCUT2D eigenvalue weighted by Crippen LogP contribution is 2.30. The molecule has 0 aliphatic carbocycles. The molecule has 2 rings (SSSR count). The van der Waals surface area contributed by atoms with Gasteiger partial charge in [0.05, 0.1) is 25.8 Å². The zero-order valence-electron chi connectivity index (χ0n) is 15.4. The molecule has 1 aliphatic rings. The van der Waals surface area contributed by atoms with Crippen molar-refractivity contribution in [3.63, 3.8) is 0 Å². The van der Waals surface area contributed by atoms with Crippen LogP contribution in [0.15, 0.2) is 18.2 Å². The average molecular weight is 349 g/mol. The molecular formula is C18H27N3O4. The van der Waals surface area contributed by atoms with Gasteiger partial charge in [-0.25, -0.2) is 0 Å². The topological polar surface area (TPSA) is 71.1 Å². The Balaban J connectivity index is 1.94. The standard InChI is InChI=1S/C18H27N3O4/c1-20(2)8-5-9-21-12-13(10-17(21)22)18(23)19-15-7-6-14(24-3)11-16(15)25-4/h6-7,11,13H,5,8-10,12H2,1-4H3,(H,19,23). The maximum absolute atomic E-state index is 12.5. The third kappa shape index (κ3) is 5.09. The molecule has 25 heavy (non-hydrogen) atoms. The quantitative estimate of drug-likeness (QED) is 0.769. The lowest BCUT2D eigenvalue weighted by molar-refractivity contribution is -0.128. The number of anilines is 1. The maximum atomic E-state index is 12.5. The molecule has 7 heteroatoms. The summed E-state index contributed by atoms with van der Waals surface area (Å²) in [5.41, 5.74) is 0.576. The molecule has 1 aromatic carbocycles. The lowest BCUT2D eigenvalue weighted by Crippen LogP contribution is -2.30.